The highest BCUT2D eigenvalue weighted by atomic mass is 32.2. The molecule has 2 aromatic rings. The first-order valence-electron chi connectivity index (χ1n) is 8.12. The van der Waals surface area contributed by atoms with Gasteiger partial charge in [0.25, 0.3) is 0 Å². The molecule has 2 aromatic carbocycles. The predicted octanol–water partition coefficient (Wildman–Crippen LogP) is 3.41. The van der Waals surface area contributed by atoms with Gasteiger partial charge in [-0.2, -0.15) is 0 Å². The lowest BCUT2D eigenvalue weighted by molar-refractivity contribution is 0.595. The molecule has 0 spiro atoms. The Kier molecular flexibility index (Phi) is 5.04. The molecule has 0 amide bonds. The van der Waals surface area contributed by atoms with Crippen LogP contribution < -0.4 is 9.62 Å². The van der Waals surface area contributed by atoms with Crippen LogP contribution in [0.3, 0.4) is 0 Å². The van der Waals surface area contributed by atoms with Crippen molar-refractivity contribution in [2.45, 2.75) is 19.3 Å². The van der Waals surface area contributed by atoms with Gasteiger partial charge in [-0.1, -0.05) is 24.3 Å². The number of benzene rings is 2. The van der Waals surface area contributed by atoms with Gasteiger partial charge in [-0.05, 0) is 49.1 Å². The van der Waals surface area contributed by atoms with E-state index in [0.29, 0.717) is 11.3 Å². The van der Waals surface area contributed by atoms with E-state index in [9.17, 15) is 12.8 Å². The summed E-state index contributed by atoms with van der Waals surface area (Å²) in [6.45, 7) is 2.01. The van der Waals surface area contributed by atoms with E-state index >= 15 is 0 Å². The molecule has 0 unspecified atom stereocenters. The lowest BCUT2D eigenvalue weighted by Crippen LogP contribution is -2.20. The molecule has 1 fully saturated rings. The Morgan fingerprint density at radius 2 is 1.79 bits per heavy atom. The van der Waals surface area contributed by atoms with Crippen LogP contribution in [0.15, 0.2) is 48.5 Å². The van der Waals surface area contributed by atoms with Gasteiger partial charge in [0, 0.05) is 18.8 Å². The molecule has 1 N–H and O–H groups in total. The van der Waals surface area contributed by atoms with Crippen molar-refractivity contribution in [3.63, 3.8) is 0 Å². The molecule has 0 aliphatic carbocycles. The van der Waals surface area contributed by atoms with E-state index in [-0.39, 0.29) is 18.0 Å². The molecule has 6 heteroatoms. The van der Waals surface area contributed by atoms with Gasteiger partial charge in [-0.25, -0.2) is 12.8 Å². The van der Waals surface area contributed by atoms with Crippen molar-refractivity contribution >= 4 is 21.4 Å². The fraction of sp³-hybridized carbons (Fsp3) is 0.333. The molecule has 0 aromatic heterocycles. The second kappa shape index (κ2) is 7.21. The van der Waals surface area contributed by atoms with Gasteiger partial charge < -0.3 is 4.90 Å². The van der Waals surface area contributed by atoms with Crippen molar-refractivity contribution in [1.82, 2.24) is 0 Å². The van der Waals surface area contributed by atoms with Crippen molar-refractivity contribution in [2.24, 2.45) is 0 Å². The van der Waals surface area contributed by atoms with Crippen LogP contribution in [0.4, 0.5) is 15.8 Å². The van der Waals surface area contributed by atoms with E-state index in [4.69, 9.17) is 0 Å². The summed E-state index contributed by atoms with van der Waals surface area (Å²) < 4.78 is 40.7. The molecule has 0 radical (unpaired) electrons. The summed E-state index contributed by atoms with van der Waals surface area (Å²) in [4.78, 5) is 2.25. The number of rotatable bonds is 6. The van der Waals surface area contributed by atoms with E-state index in [1.165, 1.54) is 18.9 Å². The molecule has 4 nitrogen and oxygen atoms in total. The minimum absolute atomic E-state index is 0.147. The minimum Gasteiger partial charge on any atom is -0.371 e. The Morgan fingerprint density at radius 1 is 1.04 bits per heavy atom. The Hall–Kier alpha value is -2.08. The van der Waals surface area contributed by atoms with Crippen LogP contribution in [0, 0.1) is 5.82 Å². The second-order valence-corrected chi connectivity index (χ2v) is 7.85. The van der Waals surface area contributed by atoms with Crippen LogP contribution >= 0.6 is 0 Å². The maximum absolute atomic E-state index is 13.6. The number of hydrogen-bond donors (Lipinski definition) is 1. The fourth-order valence-corrected chi connectivity index (χ4v) is 3.99. The summed E-state index contributed by atoms with van der Waals surface area (Å²) in [5.41, 5.74) is 1.99. The third-order valence-corrected chi connectivity index (χ3v) is 5.48. The zero-order chi connectivity index (χ0) is 17.0. The number of aryl methyl sites for hydroxylation is 1. The van der Waals surface area contributed by atoms with Gasteiger partial charge in [-0.3, -0.25) is 4.72 Å². The van der Waals surface area contributed by atoms with Crippen LogP contribution in [-0.2, 0) is 16.4 Å². The molecule has 0 atom stereocenters. The summed E-state index contributed by atoms with van der Waals surface area (Å²) in [5, 5.41) is 0. The summed E-state index contributed by atoms with van der Waals surface area (Å²) in [5.74, 6) is -0.522. The van der Waals surface area contributed by atoms with Gasteiger partial charge in [0.2, 0.25) is 10.0 Å². The highest BCUT2D eigenvalue weighted by molar-refractivity contribution is 7.92. The number of anilines is 2. The highest BCUT2D eigenvalue weighted by Gasteiger charge is 2.15. The maximum Gasteiger partial charge on any atom is 0.233 e. The molecule has 0 bridgehead atoms. The topological polar surface area (TPSA) is 49.4 Å². The van der Waals surface area contributed by atoms with Gasteiger partial charge in [0.1, 0.15) is 5.82 Å². The first-order chi connectivity index (χ1) is 11.5. The van der Waals surface area contributed by atoms with Crippen molar-refractivity contribution in [2.75, 3.05) is 28.5 Å². The molecule has 1 aliphatic heterocycles. The molecule has 3 rings (SSSR count). The monoisotopic (exact) mass is 348 g/mol. The van der Waals surface area contributed by atoms with Crippen LogP contribution in [0.5, 0.6) is 0 Å². The smallest absolute Gasteiger partial charge is 0.233 e. The van der Waals surface area contributed by atoms with E-state index < -0.39 is 10.0 Å². The third kappa shape index (κ3) is 4.26. The van der Waals surface area contributed by atoms with Gasteiger partial charge in [0.05, 0.1) is 11.4 Å². The molecule has 0 saturated carbocycles. The Labute approximate surface area is 142 Å². The first kappa shape index (κ1) is 16.8. The molecule has 1 aliphatic rings. The predicted molar refractivity (Wildman–Crippen MR) is 95.4 cm³/mol. The van der Waals surface area contributed by atoms with E-state index in [2.05, 4.69) is 9.62 Å². The quantitative estimate of drug-likeness (QED) is 0.870. The number of nitrogens with zero attached hydrogens (tertiary/aromatic N) is 1. The second-order valence-electron chi connectivity index (χ2n) is 6.01. The SMILES string of the molecule is O=S(=O)(CCc1ccccc1F)Nc1cccc(N2CCCC2)c1. The Bertz CT molecular complexity index is 802. The number of hydrogen-bond acceptors (Lipinski definition) is 3. The summed E-state index contributed by atoms with van der Waals surface area (Å²) in [7, 11) is -3.53. The summed E-state index contributed by atoms with van der Waals surface area (Å²) >= 11 is 0. The van der Waals surface area contributed by atoms with Crippen LogP contribution in [-0.4, -0.2) is 27.3 Å². The van der Waals surface area contributed by atoms with Crippen LogP contribution in [0.1, 0.15) is 18.4 Å². The highest BCUT2D eigenvalue weighted by Crippen LogP contribution is 2.24. The average molecular weight is 348 g/mol. The molecule has 24 heavy (non-hydrogen) atoms. The third-order valence-electron chi connectivity index (χ3n) is 4.19. The van der Waals surface area contributed by atoms with Crippen molar-refractivity contribution < 1.29 is 12.8 Å². The van der Waals surface area contributed by atoms with Crippen LogP contribution in [0.25, 0.3) is 0 Å². The van der Waals surface area contributed by atoms with Crippen LogP contribution in [0.2, 0.25) is 0 Å². The minimum atomic E-state index is -3.53. The molecule has 128 valence electrons. The number of sulfonamides is 1. The summed E-state index contributed by atoms with van der Waals surface area (Å²) in [6.07, 6.45) is 2.48. The average Bonchev–Trinajstić information content (AvgIpc) is 3.08. The standard InChI is InChI=1S/C18H21FN2O2S/c19-18-9-2-1-6-15(18)10-13-24(22,23)20-16-7-5-8-17(14-16)21-11-3-4-12-21/h1-2,5-9,14,20H,3-4,10-13H2. The maximum atomic E-state index is 13.6. The van der Waals surface area contributed by atoms with Crippen molar-refractivity contribution in [3.05, 3.63) is 59.9 Å². The zero-order valence-electron chi connectivity index (χ0n) is 13.4. The van der Waals surface area contributed by atoms with Gasteiger partial charge in [0.15, 0.2) is 0 Å². The molecule has 1 heterocycles. The normalized spacial score (nSPS) is 14.8. The zero-order valence-corrected chi connectivity index (χ0v) is 14.2. The first-order valence-corrected chi connectivity index (χ1v) is 9.78. The van der Waals surface area contributed by atoms with E-state index in [1.807, 2.05) is 18.2 Å². The molecular formula is C18H21FN2O2S. The number of halogens is 1. The number of nitrogens with one attached hydrogen (secondary N) is 1. The fourth-order valence-electron chi connectivity index (χ4n) is 2.92. The largest absolute Gasteiger partial charge is 0.371 e. The lowest BCUT2D eigenvalue weighted by Gasteiger charge is -2.18. The lowest BCUT2D eigenvalue weighted by atomic mass is 10.2. The van der Waals surface area contributed by atoms with E-state index in [0.717, 1.165) is 18.8 Å². The van der Waals surface area contributed by atoms with E-state index in [1.54, 1.807) is 24.3 Å². The Balaban J connectivity index is 1.66. The van der Waals surface area contributed by atoms with Crippen molar-refractivity contribution in [1.29, 1.82) is 0 Å². The van der Waals surface area contributed by atoms with Crippen molar-refractivity contribution in [3.8, 4) is 0 Å². The molecular weight excluding hydrogens is 327 g/mol. The Morgan fingerprint density at radius 3 is 2.54 bits per heavy atom. The molecule has 1 saturated heterocycles. The van der Waals surface area contributed by atoms with Gasteiger partial charge in [-0.15, -0.1) is 0 Å². The summed E-state index contributed by atoms with van der Waals surface area (Å²) in [6, 6.07) is 13.7. The van der Waals surface area contributed by atoms with Gasteiger partial charge >= 0.3 is 0 Å².